The molecule has 2 heterocycles. The molecule has 3 aromatic carbocycles. The Morgan fingerprint density at radius 3 is 1.91 bits per heavy atom. The van der Waals surface area contributed by atoms with Crippen LogP contribution in [0.4, 0.5) is 0 Å². The molecule has 3 nitrogen and oxygen atoms in total. The third-order valence-corrected chi connectivity index (χ3v) is 7.56. The Bertz CT molecular complexity index is 1620. The molecule has 5 aromatic rings. The van der Waals surface area contributed by atoms with E-state index < -0.39 is 0 Å². The van der Waals surface area contributed by atoms with Gasteiger partial charge in [-0.15, -0.1) is 0 Å². The molecule has 2 atom stereocenters. The first kappa shape index (κ1) is 18.7. The SMILES string of the molecule is Cc1ccccc1-c1c2c(c(C)c[n+]1C)C1c3cc4ccccc4cc3C2c2nccnc21. The van der Waals surface area contributed by atoms with E-state index in [-0.39, 0.29) is 11.8 Å². The van der Waals surface area contributed by atoms with Crippen molar-refractivity contribution in [1.82, 2.24) is 9.97 Å². The summed E-state index contributed by atoms with van der Waals surface area (Å²) < 4.78 is 2.31. The van der Waals surface area contributed by atoms with Crippen LogP contribution in [0.25, 0.3) is 22.0 Å². The van der Waals surface area contributed by atoms with Crippen LogP contribution in [0.2, 0.25) is 0 Å². The fourth-order valence-corrected chi connectivity index (χ4v) is 6.26. The van der Waals surface area contributed by atoms with Crippen molar-refractivity contribution in [3.05, 3.63) is 124 Å². The Morgan fingerprint density at radius 1 is 0.697 bits per heavy atom. The van der Waals surface area contributed by atoms with Crippen molar-refractivity contribution in [2.45, 2.75) is 25.7 Å². The summed E-state index contributed by atoms with van der Waals surface area (Å²) in [4.78, 5) is 9.82. The summed E-state index contributed by atoms with van der Waals surface area (Å²) in [5.74, 6) is 0.186. The first-order chi connectivity index (χ1) is 16.1. The maximum Gasteiger partial charge on any atom is 0.217 e. The zero-order valence-corrected chi connectivity index (χ0v) is 19.0. The van der Waals surface area contributed by atoms with E-state index >= 15 is 0 Å². The van der Waals surface area contributed by atoms with Crippen molar-refractivity contribution >= 4 is 10.8 Å². The van der Waals surface area contributed by atoms with Gasteiger partial charge in [-0.3, -0.25) is 9.97 Å². The van der Waals surface area contributed by atoms with Gasteiger partial charge in [-0.1, -0.05) is 42.5 Å². The average molecular weight is 427 g/mol. The summed E-state index contributed by atoms with van der Waals surface area (Å²) in [5, 5.41) is 2.57. The van der Waals surface area contributed by atoms with Crippen LogP contribution in [0, 0.1) is 13.8 Å². The third kappa shape index (κ3) is 2.42. The Balaban J connectivity index is 1.64. The molecule has 0 saturated heterocycles. The summed E-state index contributed by atoms with van der Waals surface area (Å²) in [6.45, 7) is 4.45. The molecule has 3 aliphatic carbocycles. The van der Waals surface area contributed by atoms with Crippen LogP contribution < -0.4 is 4.57 Å². The lowest BCUT2D eigenvalue weighted by Crippen LogP contribution is -2.39. The summed E-state index contributed by atoms with van der Waals surface area (Å²) in [7, 11) is 2.18. The Hall–Kier alpha value is -3.85. The number of hydrogen-bond acceptors (Lipinski definition) is 2. The smallest absolute Gasteiger partial charge is 0.217 e. The minimum absolute atomic E-state index is 0.0778. The van der Waals surface area contributed by atoms with Gasteiger partial charge in [0.15, 0.2) is 6.20 Å². The molecule has 0 saturated carbocycles. The largest absolute Gasteiger partial charge is 0.257 e. The quantitative estimate of drug-likeness (QED) is 0.314. The first-order valence-corrected chi connectivity index (χ1v) is 11.6. The van der Waals surface area contributed by atoms with Crippen LogP contribution in [0.5, 0.6) is 0 Å². The van der Waals surface area contributed by atoms with Gasteiger partial charge in [0.25, 0.3) is 0 Å². The van der Waals surface area contributed by atoms with Gasteiger partial charge >= 0.3 is 0 Å². The van der Waals surface area contributed by atoms with Crippen LogP contribution >= 0.6 is 0 Å². The molecule has 0 fully saturated rings. The summed E-state index contributed by atoms with van der Waals surface area (Å²) in [6.07, 6.45) is 5.99. The second-order valence-electron chi connectivity index (χ2n) is 9.44. The molecule has 0 aliphatic heterocycles. The van der Waals surface area contributed by atoms with Gasteiger partial charge in [-0.05, 0) is 65.1 Å². The van der Waals surface area contributed by atoms with Gasteiger partial charge in [0, 0.05) is 29.1 Å². The molecule has 33 heavy (non-hydrogen) atoms. The topological polar surface area (TPSA) is 29.7 Å². The lowest BCUT2D eigenvalue weighted by molar-refractivity contribution is -0.661. The zero-order valence-electron chi connectivity index (χ0n) is 19.0. The maximum atomic E-state index is 4.92. The van der Waals surface area contributed by atoms with E-state index in [1.165, 1.54) is 55.4 Å². The van der Waals surface area contributed by atoms with E-state index in [1.54, 1.807) is 0 Å². The number of aryl methyl sites for hydroxylation is 3. The summed E-state index contributed by atoms with van der Waals surface area (Å²) in [6, 6.07) is 22.2. The van der Waals surface area contributed by atoms with Crippen LogP contribution in [0.1, 0.15) is 56.6 Å². The first-order valence-electron chi connectivity index (χ1n) is 11.6. The van der Waals surface area contributed by atoms with Gasteiger partial charge in [-0.2, -0.15) is 0 Å². The highest BCUT2D eigenvalue weighted by Crippen LogP contribution is 2.57. The Morgan fingerprint density at radius 2 is 1.27 bits per heavy atom. The second-order valence-corrected chi connectivity index (χ2v) is 9.44. The number of benzene rings is 3. The second kappa shape index (κ2) is 6.58. The van der Waals surface area contributed by atoms with Gasteiger partial charge in [-0.25, -0.2) is 4.57 Å². The van der Waals surface area contributed by atoms with Gasteiger partial charge in [0.2, 0.25) is 5.69 Å². The zero-order chi connectivity index (χ0) is 22.3. The van der Waals surface area contributed by atoms with Crippen molar-refractivity contribution in [3.63, 3.8) is 0 Å². The molecule has 2 aromatic heterocycles. The third-order valence-electron chi connectivity index (χ3n) is 7.56. The molecule has 2 bridgehead atoms. The van der Waals surface area contributed by atoms with Crippen LogP contribution in [-0.4, -0.2) is 9.97 Å². The Labute approximate surface area is 193 Å². The van der Waals surface area contributed by atoms with E-state index in [1.807, 2.05) is 12.4 Å². The van der Waals surface area contributed by atoms with E-state index in [0.29, 0.717) is 0 Å². The fourth-order valence-electron chi connectivity index (χ4n) is 6.26. The number of hydrogen-bond donors (Lipinski definition) is 0. The van der Waals surface area contributed by atoms with Crippen molar-refractivity contribution in [3.8, 4) is 11.3 Å². The predicted octanol–water partition coefficient (Wildman–Crippen LogP) is 5.73. The number of nitrogens with zero attached hydrogens (tertiary/aromatic N) is 3. The molecule has 0 amide bonds. The Kier molecular flexibility index (Phi) is 3.73. The molecule has 0 spiro atoms. The highest BCUT2D eigenvalue weighted by Gasteiger charge is 2.48. The number of rotatable bonds is 1. The van der Waals surface area contributed by atoms with E-state index in [0.717, 1.165) is 11.4 Å². The normalized spacial score (nSPS) is 17.5. The summed E-state index contributed by atoms with van der Waals surface area (Å²) >= 11 is 0. The molecule has 2 unspecified atom stereocenters. The molecule has 3 aliphatic rings. The molecular weight excluding hydrogens is 402 g/mol. The highest BCUT2D eigenvalue weighted by atomic mass is 14.9. The summed E-state index contributed by atoms with van der Waals surface area (Å²) in [5.41, 5.74) is 13.0. The van der Waals surface area contributed by atoms with E-state index in [4.69, 9.17) is 9.97 Å². The molecule has 8 rings (SSSR count). The minimum Gasteiger partial charge on any atom is -0.257 e. The number of fused-ring (bicyclic) bond motifs is 1. The van der Waals surface area contributed by atoms with Gasteiger partial charge in [0.05, 0.1) is 23.2 Å². The van der Waals surface area contributed by atoms with Gasteiger partial charge in [0.1, 0.15) is 7.05 Å². The predicted molar refractivity (Wildman–Crippen MR) is 130 cm³/mol. The molecule has 0 N–H and O–H groups in total. The fraction of sp³-hybridized carbons (Fsp3) is 0.167. The van der Waals surface area contributed by atoms with E-state index in [2.05, 4.69) is 92.3 Å². The molecule has 0 radical (unpaired) electrons. The number of aromatic nitrogens is 3. The van der Waals surface area contributed by atoms with Crippen molar-refractivity contribution in [2.75, 3.05) is 0 Å². The van der Waals surface area contributed by atoms with Crippen molar-refractivity contribution in [2.24, 2.45) is 7.05 Å². The maximum absolute atomic E-state index is 4.92. The van der Waals surface area contributed by atoms with Crippen LogP contribution in [0.15, 0.2) is 79.3 Å². The average Bonchev–Trinajstić information content (AvgIpc) is 2.83. The lowest BCUT2D eigenvalue weighted by Gasteiger charge is -2.41. The monoisotopic (exact) mass is 426 g/mol. The van der Waals surface area contributed by atoms with Crippen molar-refractivity contribution < 1.29 is 4.57 Å². The van der Waals surface area contributed by atoms with Gasteiger partial charge < -0.3 is 0 Å². The highest BCUT2D eigenvalue weighted by molar-refractivity contribution is 5.87. The molecular formula is C30H24N3+. The molecule has 158 valence electrons. The lowest BCUT2D eigenvalue weighted by atomic mass is 9.62. The minimum atomic E-state index is 0.0778. The number of pyridine rings is 1. The molecule has 3 heteroatoms. The van der Waals surface area contributed by atoms with Crippen LogP contribution in [-0.2, 0) is 7.05 Å². The van der Waals surface area contributed by atoms with E-state index in [9.17, 15) is 0 Å². The van der Waals surface area contributed by atoms with Crippen LogP contribution in [0.3, 0.4) is 0 Å². The van der Waals surface area contributed by atoms with Crippen molar-refractivity contribution in [1.29, 1.82) is 0 Å². The standard InChI is InChI=1S/C30H24N3/c1-17-8-4-7-11-21(17)30-27-24(18(2)16-33(30)3)25-22-14-19-9-5-6-10-20(19)15-23(22)26(27)29-28(25)31-12-13-32-29/h4-16,25-26H,1-3H3/q+1.